The maximum atomic E-state index is 8.68. The summed E-state index contributed by atoms with van der Waals surface area (Å²) in [5.41, 5.74) is 0. The molecule has 0 radical (unpaired) electrons. The summed E-state index contributed by atoms with van der Waals surface area (Å²) < 4.78 is 0.531. The average molecular weight is 225 g/mol. The van der Waals surface area contributed by atoms with Gasteiger partial charge in [-0.15, -0.1) is 0 Å². The van der Waals surface area contributed by atoms with Gasteiger partial charge in [-0.1, -0.05) is 0 Å². The molecular formula is C8H19NO6. The molecule has 0 aromatic heterocycles. The summed E-state index contributed by atoms with van der Waals surface area (Å²) in [7, 11) is 1.91. The van der Waals surface area contributed by atoms with Crippen molar-refractivity contribution >= 4 is 6.16 Å². The number of hydrogen-bond donors (Lipinski definition) is 4. The molecule has 0 spiro atoms. The van der Waals surface area contributed by atoms with Crippen LogP contribution >= 0.6 is 0 Å². The Kier molecular flexibility index (Phi) is 10.6. The zero-order valence-corrected chi connectivity index (χ0v) is 8.80. The number of carboxylic acid groups (broad SMARTS) is 2. The SMILES string of the molecule is C[N+](CCO)(CCO)CCO.O=C([O-])O. The average Bonchev–Trinajstić information content (AvgIpc) is 2.03. The Morgan fingerprint density at radius 1 is 1.07 bits per heavy atom. The molecule has 0 saturated heterocycles. The van der Waals surface area contributed by atoms with E-state index >= 15 is 0 Å². The molecule has 0 aliphatic heterocycles. The molecule has 0 aromatic carbocycles. The second-order valence-electron chi connectivity index (χ2n) is 3.23. The van der Waals surface area contributed by atoms with Gasteiger partial charge in [0.15, 0.2) is 0 Å². The van der Waals surface area contributed by atoms with Gasteiger partial charge in [-0.05, 0) is 0 Å². The lowest BCUT2D eigenvalue weighted by molar-refractivity contribution is -0.910. The first-order valence-corrected chi connectivity index (χ1v) is 4.48. The Bertz CT molecular complexity index is 142. The highest BCUT2D eigenvalue weighted by Crippen LogP contribution is 1.99. The number of aliphatic hydroxyl groups excluding tert-OH is 3. The molecule has 0 aliphatic rings. The van der Waals surface area contributed by atoms with Crippen molar-refractivity contribution in [2.45, 2.75) is 0 Å². The molecule has 0 aliphatic carbocycles. The minimum absolute atomic E-state index is 0.0938. The summed E-state index contributed by atoms with van der Waals surface area (Å²) >= 11 is 0. The van der Waals surface area contributed by atoms with Crippen LogP contribution in [0.5, 0.6) is 0 Å². The van der Waals surface area contributed by atoms with Gasteiger partial charge in [0.25, 0.3) is 0 Å². The van der Waals surface area contributed by atoms with Crippen LogP contribution in [0.4, 0.5) is 4.79 Å². The molecule has 0 heterocycles. The molecule has 0 saturated carbocycles. The summed E-state index contributed by atoms with van der Waals surface area (Å²) in [5.74, 6) is 0. The summed E-state index contributed by atoms with van der Waals surface area (Å²) in [6, 6.07) is 0. The second kappa shape index (κ2) is 9.66. The minimum Gasteiger partial charge on any atom is -0.565 e. The van der Waals surface area contributed by atoms with E-state index in [1.807, 2.05) is 7.05 Å². The fraction of sp³-hybridized carbons (Fsp3) is 0.875. The van der Waals surface area contributed by atoms with Crippen LogP contribution in [0.15, 0.2) is 0 Å². The number of rotatable bonds is 6. The van der Waals surface area contributed by atoms with Gasteiger partial charge in [-0.25, -0.2) is 0 Å². The normalized spacial score (nSPS) is 10.4. The van der Waals surface area contributed by atoms with Crippen LogP contribution in [0.2, 0.25) is 0 Å². The molecule has 15 heavy (non-hydrogen) atoms. The topological polar surface area (TPSA) is 121 Å². The highest BCUT2D eigenvalue weighted by Gasteiger charge is 2.18. The van der Waals surface area contributed by atoms with E-state index in [0.717, 1.165) is 0 Å². The van der Waals surface area contributed by atoms with Crippen molar-refractivity contribution < 1.29 is 34.8 Å². The highest BCUT2D eigenvalue weighted by atomic mass is 16.6. The van der Waals surface area contributed by atoms with E-state index in [1.54, 1.807) is 0 Å². The molecule has 7 heteroatoms. The van der Waals surface area contributed by atoms with Crippen LogP contribution in [-0.2, 0) is 0 Å². The number of aliphatic hydroxyl groups is 3. The standard InChI is InChI=1S/C7H18NO3.CH2O3/c1-8(2-5-9,3-6-10)4-7-11;2-1(3)4/h9-11H,2-7H2,1H3;(H2,2,3,4)/q+1;/p-1. The fourth-order valence-electron chi connectivity index (χ4n) is 1.06. The Morgan fingerprint density at radius 3 is 1.40 bits per heavy atom. The minimum atomic E-state index is -2.08. The lowest BCUT2D eigenvalue weighted by Gasteiger charge is -2.32. The zero-order valence-electron chi connectivity index (χ0n) is 8.80. The maximum Gasteiger partial charge on any atom is 0.249 e. The summed E-state index contributed by atoms with van der Waals surface area (Å²) in [5, 5.41) is 41.3. The third-order valence-electron chi connectivity index (χ3n) is 1.92. The fourth-order valence-corrected chi connectivity index (χ4v) is 1.06. The summed E-state index contributed by atoms with van der Waals surface area (Å²) in [6.07, 6.45) is -2.08. The monoisotopic (exact) mass is 225 g/mol. The van der Waals surface area contributed by atoms with Crippen molar-refractivity contribution in [1.29, 1.82) is 0 Å². The first-order valence-electron chi connectivity index (χ1n) is 4.48. The van der Waals surface area contributed by atoms with Gasteiger partial charge in [-0.2, -0.15) is 0 Å². The molecular weight excluding hydrogens is 206 g/mol. The molecule has 0 bridgehead atoms. The largest absolute Gasteiger partial charge is 0.565 e. The van der Waals surface area contributed by atoms with Crippen molar-refractivity contribution in [3.63, 3.8) is 0 Å². The number of carbonyl (C=O) groups is 1. The lowest BCUT2D eigenvalue weighted by atomic mass is 10.4. The van der Waals surface area contributed by atoms with E-state index in [4.69, 9.17) is 30.3 Å². The van der Waals surface area contributed by atoms with Crippen LogP contribution < -0.4 is 5.11 Å². The van der Waals surface area contributed by atoms with Gasteiger partial charge >= 0.3 is 0 Å². The van der Waals surface area contributed by atoms with E-state index < -0.39 is 6.16 Å². The van der Waals surface area contributed by atoms with Crippen LogP contribution in [0, 0.1) is 0 Å². The second-order valence-corrected chi connectivity index (χ2v) is 3.23. The third-order valence-corrected chi connectivity index (χ3v) is 1.92. The molecule has 0 unspecified atom stereocenters. The Labute approximate surface area is 88.4 Å². The van der Waals surface area contributed by atoms with Crippen LogP contribution in [-0.4, -0.2) is 77.6 Å². The first kappa shape index (κ1) is 16.5. The molecule has 0 rings (SSSR count). The van der Waals surface area contributed by atoms with Gasteiger partial charge in [0, 0.05) is 0 Å². The Morgan fingerprint density at radius 2 is 1.27 bits per heavy atom. The van der Waals surface area contributed by atoms with Crippen molar-refractivity contribution in [2.24, 2.45) is 0 Å². The summed E-state index contributed by atoms with van der Waals surface area (Å²) in [4.78, 5) is 8.44. The molecule has 7 nitrogen and oxygen atoms in total. The lowest BCUT2D eigenvalue weighted by Crippen LogP contribution is -2.49. The Balaban J connectivity index is 0. The zero-order chi connectivity index (χ0) is 12.3. The number of quaternary nitrogens is 1. The van der Waals surface area contributed by atoms with Crippen molar-refractivity contribution in [3.8, 4) is 0 Å². The quantitative estimate of drug-likeness (QED) is 0.365. The van der Waals surface area contributed by atoms with Gasteiger partial charge in [-0.3, -0.25) is 0 Å². The van der Waals surface area contributed by atoms with Crippen LogP contribution in [0.25, 0.3) is 0 Å². The van der Waals surface area contributed by atoms with Crippen LogP contribution in [0.3, 0.4) is 0 Å². The van der Waals surface area contributed by atoms with Gasteiger partial charge in [0.05, 0.1) is 26.9 Å². The molecule has 0 aromatic rings. The van der Waals surface area contributed by atoms with Crippen molar-refractivity contribution in [3.05, 3.63) is 0 Å². The number of hydrogen-bond acceptors (Lipinski definition) is 5. The van der Waals surface area contributed by atoms with Gasteiger partial charge < -0.3 is 34.8 Å². The predicted molar refractivity (Wildman–Crippen MR) is 50.1 cm³/mol. The van der Waals surface area contributed by atoms with Gasteiger partial charge in [0.1, 0.15) is 19.6 Å². The van der Waals surface area contributed by atoms with Crippen LogP contribution in [0.1, 0.15) is 0 Å². The molecule has 0 atom stereocenters. The Hall–Kier alpha value is -0.890. The van der Waals surface area contributed by atoms with Crippen molar-refractivity contribution in [1.82, 2.24) is 0 Å². The molecule has 4 N–H and O–H groups in total. The summed E-state index contributed by atoms with van der Waals surface area (Å²) in [6.45, 7) is 2.03. The number of nitrogens with zero attached hydrogens (tertiary/aromatic N) is 1. The van der Waals surface area contributed by atoms with E-state index in [1.165, 1.54) is 0 Å². The van der Waals surface area contributed by atoms with E-state index in [9.17, 15) is 0 Å². The first-order chi connectivity index (χ1) is 6.91. The van der Waals surface area contributed by atoms with E-state index in [0.29, 0.717) is 24.1 Å². The van der Waals surface area contributed by atoms with Crippen molar-refractivity contribution in [2.75, 3.05) is 46.5 Å². The van der Waals surface area contributed by atoms with E-state index in [-0.39, 0.29) is 19.8 Å². The van der Waals surface area contributed by atoms with Gasteiger partial charge in [0.2, 0.25) is 6.16 Å². The smallest absolute Gasteiger partial charge is 0.249 e. The highest BCUT2D eigenvalue weighted by molar-refractivity contribution is 5.50. The third kappa shape index (κ3) is 13.1. The predicted octanol–water partition coefficient (Wildman–Crippen LogP) is -2.70. The maximum absolute atomic E-state index is 8.68. The number of likely N-dealkylation sites (N-methyl/N-ethyl adjacent to an activating group) is 1. The molecule has 0 amide bonds. The molecule has 0 fully saturated rings. The van der Waals surface area contributed by atoms with E-state index in [2.05, 4.69) is 0 Å². The molecule has 92 valence electrons.